The van der Waals surface area contributed by atoms with Gasteiger partial charge in [0.15, 0.2) is 0 Å². The molecule has 2 rings (SSSR count). The molecule has 0 aliphatic heterocycles. The predicted octanol–water partition coefficient (Wildman–Crippen LogP) is 2.91. The third-order valence-corrected chi connectivity index (χ3v) is 2.74. The van der Waals surface area contributed by atoms with Crippen LogP contribution in [0.3, 0.4) is 0 Å². The molecule has 0 aliphatic carbocycles. The molecule has 0 saturated heterocycles. The van der Waals surface area contributed by atoms with Gasteiger partial charge in [0.05, 0.1) is 12.9 Å². The number of carbonyl (C=O) groups excluding carboxylic acids is 1. The van der Waals surface area contributed by atoms with E-state index in [0.717, 1.165) is 5.56 Å². The van der Waals surface area contributed by atoms with E-state index in [9.17, 15) is 4.79 Å². The van der Waals surface area contributed by atoms with Gasteiger partial charge in [0.1, 0.15) is 12.3 Å². The van der Waals surface area contributed by atoms with E-state index < -0.39 is 0 Å². The Hall–Kier alpha value is -2.56. The van der Waals surface area contributed by atoms with Crippen LogP contribution in [0.4, 0.5) is 0 Å². The third kappa shape index (κ3) is 4.49. The van der Waals surface area contributed by atoms with E-state index in [0.29, 0.717) is 24.5 Å². The van der Waals surface area contributed by atoms with Gasteiger partial charge in [-0.15, -0.1) is 0 Å². The average Bonchev–Trinajstić information content (AvgIpc) is 2.98. The maximum absolute atomic E-state index is 12.1. The summed E-state index contributed by atoms with van der Waals surface area (Å²) in [7, 11) is 0. The van der Waals surface area contributed by atoms with Crippen LogP contribution in [0, 0.1) is 6.92 Å². The highest BCUT2D eigenvalue weighted by atomic mass is 16.5. The molecule has 0 bridgehead atoms. The first-order valence-electron chi connectivity index (χ1n) is 6.76. The zero-order chi connectivity index (χ0) is 15.1. The lowest BCUT2D eigenvalue weighted by Crippen LogP contribution is -2.32. The second-order valence-electron chi connectivity index (χ2n) is 4.46. The minimum absolute atomic E-state index is 0.195. The van der Waals surface area contributed by atoms with Crippen LogP contribution in [-0.2, 0) is 11.3 Å². The van der Waals surface area contributed by atoms with Gasteiger partial charge in [0.25, 0.3) is 11.9 Å². The fourth-order valence-electron chi connectivity index (χ4n) is 1.77. The number of benzene rings is 1. The predicted molar refractivity (Wildman–Crippen MR) is 80.1 cm³/mol. The Kier molecular flexibility index (Phi) is 5.15. The van der Waals surface area contributed by atoms with Crippen molar-refractivity contribution in [3.05, 3.63) is 59.5 Å². The summed E-state index contributed by atoms with van der Waals surface area (Å²) in [6.07, 6.45) is 1.58. The van der Waals surface area contributed by atoms with Crippen LogP contribution in [-0.4, -0.2) is 18.5 Å². The van der Waals surface area contributed by atoms with Crippen molar-refractivity contribution in [2.24, 2.45) is 4.99 Å². The first-order chi connectivity index (χ1) is 10.2. The van der Waals surface area contributed by atoms with E-state index >= 15 is 0 Å². The van der Waals surface area contributed by atoms with E-state index in [1.807, 2.05) is 38.1 Å². The molecule has 110 valence electrons. The van der Waals surface area contributed by atoms with Crippen LogP contribution in [0.5, 0.6) is 0 Å². The highest BCUT2D eigenvalue weighted by Gasteiger charge is 2.10. The van der Waals surface area contributed by atoms with Crippen LogP contribution in [0.1, 0.15) is 28.6 Å². The van der Waals surface area contributed by atoms with E-state index in [2.05, 4.69) is 10.3 Å². The van der Waals surface area contributed by atoms with E-state index in [4.69, 9.17) is 9.15 Å². The summed E-state index contributed by atoms with van der Waals surface area (Å²) in [6, 6.07) is 11.1. The molecule has 1 heterocycles. The largest absolute Gasteiger partial charge is 0.467 e. The van der Waals surface area contributed by atoms with Gasteiger partial charge in [-0.05, 0) is 38.1 Å². The Labute approximate surface area is 123 Å². The molecule has 1 aromatic heterocycles. The molecular weight excluding hydrogens is 268 g/mol. The number of rotatable bonds is 4. The van der Waals surface area contributed by atoms with Crippen molar-refractivity contribution in [2.75, 3.05) is 6.61 Å². The fraction of sp³-hybridized carbons (Fsp3) is 0.250. The zero-order valence-corrected chi connectivity index (χ0v) is 12.1. The van der Waals surface area contributed by atoms with E-state index in [1.165, 1.54) is 0 Å². The quantitative estimate of drug-likeness (QED) is 0.694. The van der Waals surface area contributed by atoms with Gasteiger partial charge in [-0.25, -0.2) is 4.99 Å². The van der Waals surface area contributed by atoms with Crippen LogP contribution >= 0.6 is 0 Å². The number of nitrogens with zero attached hydrogens (tertiary/aromatic N) is 1. The van der Waals surface area contributed by atoms with Gasteiger partial charge in [-0.2, -0.15) is 0 Å². The Morgan fingerprint density at radius 1 is 1.33 bits per heavy atom. The molecule has 1 amide bonds. The molecule has 0 unspecified atom stereocenters. The summed E-state index contributed by atoms with van der Waals surface area (Å²) in [5.74, 6) is 0.461. The van der Waals surface area contributed by atoms with Crippen molar-refractivity contribution in [2.45, 2.75) is 20.4 Å². The number of carbonyl (C=O) groups is 1. The summed E-state index contributed by atoms with van der Waals surface area (Å²) < 4.78 is 10.5. The number of amidine groups is 1. The molecule has 0 radical (unpaired) electrons. The number of amides is 1. The molecule has 5 nitrogen and oxygen atoms in total. The molecule has 1 aromatic carbocycles. The lowest BCUT2D eigenvalue weighted by molar-refractivity contribution is 0.0966. The molecule has 0 atom stereocenters. The second-order valence-corrected chi connectivity index (χ2v) is 4.46. The molecule has 0 saturated carbocycles. The maximum Gasteiger partial charge on any atom is 0.292 e. The molecule has 2 aromatic rings. The van der Waals surface area contributed by atoms with Crippen LogP contribution in [0.2, 0.25) is 0 Å². The first kappa shape index (κ1) is 14.8. The van der Waals surface area contributed by atoms with Crippen molar-refractivity contribution >= 4 is 11.9 Å². The summed E-state index contributed by atoms with van der Waals surface area (Å²) in [5.41, 5.74) is 1.59. The molecule has 0 aliphatic rings. The Morgan fingerprint density at radius 2 is 2.19 bits per heavy atom. The van der Waals surface area contributed by atoms with Crippen molar-refractivity contribution in [3.8, 4) is 0 Å². The summed E-state index contributed by atoms with van der Waals surface area (Å²) in [4.78, 5) is 16.4. The average molecular weight is 286 g/mol. The summed E-state index contributed by atoms with van der Waals surface area (Å²) in [5, 5.41) is 2.67. The summed E-state index contributed by atoms with van der Waals surface area (Å²) >= 11 is 0. The Bertz CT molecular complexity index is 618. The van der Waals surface area contributed by atoms with Gasteiger partial charge >= 0.3 is 0 Å². The van der Waals surface area contributed by atoms with Crippen molar-refractivity contribution < 1.29 is 13.9 Å². The Morgan fingerprint density at radius 3 is 2.86 bits per heavy atom. The number of hydrogen-bond acceptors (Lipinski definition) is 4. The summed E-state index contributed by atoms with van der Waals surface area (Å²) in [6.45, 7) is 4.51. The fourth-order valence-corrected chi connectivity index (χ4v) is 1.77. The number of ether oxygens (including phenoxy) is 1. The lowest BCUT2D eigenvalue weighted by atomic mass is 10.1. The highest BCUT2D eigenvalue weighted by molar-refractivity contribution is 6.04. The lowest BCUT2D eigenvalue weighted by Gasteiger charge is -2.09. The van der Waals surface area contributed by atoms with Crippen LogP contribution in [0.15, 0.2) is 52.1 Å². The molecule has 1 N–H and O–H groups in total. The number of hydrogen-bond donors (Lipinski definition) is 1. The molecule has 21 heavy (non-hydrogen) atoms. The van der Waals surface area contributed by atoms with Crippen molar-refractivity contribution in [3.63, 3.8) is 0 Å². The smallest absolute Gasteiger partial charge is 0.292 e. The minimum Gasteiger partial charge on any atom is -0.467 e. The van der Waals surface area contributed by atoms with Crippen LogP contribution < -0.4 is 5.32 Å². The highest BCUT2D eigenvalue weighted by Crippen LogP contribution is 2.05. The van der Waals surface area contributed by atoms with Gasteiger partial charge in [-0.3, -0.25) is 10.1 Å². The van der Waals surface area contributed by atoms with Crippen molar-refractivity contribution in [1.82, 2.24) is 5.32 Å². The normalized spacial score (nSPS) is 11.2. The van der Waals surface area contributed by atoms with Crippen LogP contribution in [0.25, 0.3) is 0 Å². The second kappa shape index (κ2) is 7.28. The zero-order valence-electron chi connectivity index (χ0n) is 12.1. The van der Waals surface area contributed by atoms with Crippen molar-refractivity contribution in [1.29, 1.82) is 0 Å². The van der Waals surface area contributed by atoms with Gasteiger partial charge in [-0.1, -0.05) is 17.7 Å². The topological polar surface area (TPSA) is 63.8 Å². The molecular formula is C16H18N2O3. The minimum atomic E-state index is -0.245. The molecule has 5 heteroatoms. The first-order valence-corrected chi connectivity index (χ1v) is 6.76. The Balaban J connectivity index is 2.05. The van der Waals surface area contributed by atoms with Gasteiger partial charge < -0.3 is 9.15 Å². The van der Waals surface area contributed by atoms with E-state index in [-0.39, 0.29) is 11.9 Å². The number of aliphatic imine (C=N–C) groups is 1. The number of nitrogens with one attached hydrogen (secondary N) is 1. The molecule has 0 fully saturated rings. The molecule has 0 spiro atoms. The number of aryl methyl sites for hydroxylation is 1. The van der Waals surface area contributed by atoms with E-state index in [1.54, 1.807) is 18.4 Å². The van der Waals surface area contributed by atoms with Gasteiger partial charge in [0.2, 0.25) is 0 Å². The third-order valence-electron chi connectivity index (χ3n) is 2.74. The van der Waals surface area contributed by atoms with Gasteiger partial charge in [0, 0.05) is 5.56 Å². The monoisotopic (exact) mass is 286 g/mol. The maximum atomic E-state index is 12.1. The number of furan rings is 1. The standard InChI is InChI=1S/C16H18N2O3/c1-3-20-16(17-11-14-8-5-9-21-14)18-15(19)13-7-4-6-12(2)10-13/h4-10H,3,11H2,1-2H3,(H,17,18,19). The SMILES string of the molecule is CCOC(=NCc1ccco1)NC(=O)c1cccc(C)c1.